The van der Waals surface area contributed by atoms with Crippen LogP contribution in [0.3, 0.4) is 0 Å². The fourth-order valence-electron chi connectivity index (χ4n) is 5.05. The summed E-state index contributed by atoms with van der Waals surface area (Å²) in [4.78, 5) is 2.78. The van der Waals surface area contributed by atoms with Crippen molar-refractivity contribution in [3.05, 3.63) is 42.0 Å². The molecule has 124 valence electrons. The molecule has 2 nitrogen and oxygen atoms in total. The van der Waals surface area contributed by atoms with Gasteiger partial charge in [0.1, 0.15) is 0 Å². The van der Waals surface area contributed by atoms with Gasteiger partial charge in [-0.15, -0.1) is 0 Å². The number of likely N-dealkylation sites (tertiary alicyclic amines) is 1. The molecule has 1 aromatic rings. The highest BCUT2D eigenvalue weighted by atomic mass is 15.2. The molecule has 2 heterocycles. The molecule has 1 saturated carbocycles. The first-order valence-corrected chi connectivity index (χ1v) is 9.40. The molecule has 2 aliphatic heterocycles. The minimum atomic E-state index is 0.389. The lowest BCUT2D eigenvalue weighted by Gasteiger charge is -2.43. The monoisotopic (exact) mass is 310 g/mol. The average molecular weight is 310 g/mol. The first kappa shape index (κ1) is 15.3. The van der Waals surface area contributed by atoms with Crippen LogP contribution in [0, 0.1) is 5.92 Å². The lowest BCUT2D eigenvalue weighted by molar-refractivity contribution is 0.109. The van der Waals surface area contributed by atoms with Crippen molar-refractivity contribution in [3.8, 4) is 0 Å². The van der Waals surface area contributed by atoms with Crippen LogP contribution in [-0.2, 0) is 5.41 Å². The van der Waals surface area contributed by atoms with Crippen LogP contribution in [0.2, 0.25) is 0 Å². The van der Waals surface area contributed by atoms with Crippen molar-refractivity contribution in [2.45, 2.75) is 56.9 Å². The lowest BCUT2D eigenvalue weighted by Crippen LogP contribution is -2.48. The zero-order valence-electron chi connectivity index (χ0n) is 14.5. The van der Waals surface area contributed by atoms with E-state index < -0.39 is 0 Å². The van der Waals surface area contributed by atoms with Crippen LogP contribution in [0.25, 0.3) is 0 Å². The van der Waals surface area contributed by atoms with Gasteiger partial charge in [-0.1, -0.05) is 37.3 Å². The van der Waals surface area contributed by atoms with Gasteiger partial charge < -0.3 is 5.32 Å². The number of piperidine rings is 1. The summed E-state index contributed by atoms with van der Waals surface area (Å²) in [5.74, 6) is 0.851. The summed E-state index contributed by atoms with van der Waals surface area (Å²) in [7, 11) is 0. The van der Waals surface area contributed by atoms with E-state index in [1.165, 1.54) is 62.9 Å². The number of para-hydroxylation sites is 1. The summed E-state index contributed by atoms with van der Waals surface area (Å²) in [5, 5.41) is 3.65. The van der Waals surface area contributed by atoms with E-state index in [0.717, 1.165) is 18.5 Å². The first-order valence-electron chi connectivity index (χ1n) is 9.40. The molecule has 2 fully saturated rings. The maximum absolute atomic E-state index is 4.32. The van der Waals surface area contributed by atoms with E-state index in [1.807, 2.05) is 0 Å². The molecule has 1 spiro atoms. The highest BCUT2D eigenvalue weighted by Crippen LogP contribution is 2.44. The minimum Gasteiger partial charge on any atom is -0.384 e. The quantitative estimate of drug-likeness (QED) is 0.603. The molecule has 1 aliphatic carbocycles. The summed E-state index contributed by atoms with van der Waals surface area (Å²) < 4.78 is 0. The van der Waals surface area contributed by atoms with E-state index in [0.29, 0.717) is 5.41 Å². The molecule has 2 heteroatoms. The predicted octanol–water partition coefficient (Wildman–Crippen LogP) is 4.58. The van der Waals surface area contributed by atoms with E-state index in [-0.39, 0.29) is 0 Å². The van der Waals surface area contributed by atoms with Gasteiger partial charge in [-0.05, 0) is 69.2 Å². The highest BCUT2D eigenvalue weighted by Gasteiger charge is 2.42. The van der Waals surface area contributed by atoms with Gasteiger partial charge >= 0.3 is 0 Å². The van der Waals surface area contributed by atoms with Crippen molar-refractivity contribution in [1.29, 1.82) is 0 Å². The maximum atomic E-state index is 4.32. The van der Waals surface area contributed by atoms with Gasteiger partial charge in [-0.2, -0.15) is 0 Å². The minimum absolute atomic E-state index is 0.389. The largest absolute Gasteiger partial charge is 0.384 e. The zero-order valence-corrected chi connectivity index (χ0v) is 14.5. The van der Waals surface area contributed by atoms with Crippen molar-refractivity contribution in [2.24, 2.45) is 5.92 Å². The summed E-state index contributed by atoms with van der Waals surface area (Å²) in [6.45, 7) is 10.4. The fraction of sp³-hybridized carbons (Fsp3) is 0.619. The molecular weight excluding hydrogens is 280 g/mol. The molecular formula is C21H30N2. The van der Waals surface area contributed by atoms with E-state index >= 15 is 0 Å². The Bertz CT molecular complexity index is 583. The molecule has 1 aromatic carbocycles. The third kappa shape index (κ3) is 2.82. The van der Waals surface area contributed by atoms with Crippen molar-refractivity contribution in [2.75, 3.05) is 25.0 Å². The summed E-state index contributed by atoms with van der Waals surface area (Å²) in [6, 6.07) is 9.69. The molecule has 1 saturated heterocycles. The van der Waals surface area contributed by atoms with Crippen molar-refractivity contribution in [1.82, 2.24) is 4.90 Å². The second-order valence-electron chi connectivity index (χ2n) is 8.20. The van der Waals surface area contributed by atoms with Gasteiger partial charge in [0.15, 0.2) is 0 Å². The number of fused-ring (bicyclic) bond motifs is 2. The molecule has 2 unspecified atom stereocenters. The Morgan fingerprint density at radius 1 is 1.22 bits per heavy atom. The molecule has 23 heavy (non-hydrogen) atoms. The van der Waals surface area contributed by atoms with E-state index in [9.17, 15) is 0 Å². The van der Waals surface area contributed by atoms with Gasteiger partial charge in [-0.25, -0.2) is 0 Å². The third-order valence-corrected chi connectivity index (χ3v) is 6.58. The maximum Gasteiger partial charge on any atom is 0.0379 e. The number of anilines is 1. The molecule has 0 bridgehead atoms. The molecule has 0 aromatic heterocycles. The Kier molecular flexibility index (Phi) is 3.96. The van der Waals surface area contributed by atoms with Gasteiger partial charge in [0.2, 0.25) is 0 Å². The molecule has 0 radical (unpaired) electrons. The van der Waals surface area contributed by atoms with E-state index in [2.05, 4.69) is 48.0 Å². The second-order valence-corrected chi connectivity index (χ2v) is 8.20. The Balaban J connectivity index is 1.46. The van der Waals surface area contributed by atoms with Crippen molar-refractivity contribution >= 4 is 5.69 Å². The number of nitrogens with zero attached hydrogens (tertiary/aromatic N) is 1. The lowest BCUT2D eigenvalue weighted by atomic mass is 9.74. The Morgan fingerprint density at radius 3 is 2.83 bits per heavy atom. The Morgan fingerprint density at radius 2 is 2.00 bits per heavy atom. The number of hydrogen-bond donors (Lipinski definition) is 1. The van der Waals surface area contributed by atoms with Gasteiger partial charge in [0, 0.05) is 23.7 Å². The fourth-order valence-corrected chi connectivity index (χ4v) is 5.05. The van der Waals surface area contributed by atoms with Crippen LogP contribution in [0.4, 0.5) is 5.69 Å². The molecule has 4 rings (SSSR count). The molecule has 0 amide bonds. The standard InChI is InChI=1S/C21H30N2/c1-16-7-8-17(2)14-18(13-16)23-11-9-21(10-12-23)15-22-20-6-4-3-5-19(20)21/h3-6,17-18,22H,1,7-15H2,2H3. The van der Waals surface area contributed by atoms with Crippen molar-refractivity contribution in [3.63, 3.8) is 0 Å². The van der Waals surface area contributed by atoms with Crippen LogP contribution >= 0.6 is 0 Å². The molecule has 1 N–H and O–H groups in total. The second kappa shape index (κ2) is 5.98. The Labute approximate surface area is 141 Å². The summed E-state index contributed by atoms with van der Waals surface area (Å²) in [6.07, 6.45) is 7.77. The molecule has 3 aliphatic rings. The smallest absolute Gasteiger partial charge is 0.0379 e. The SMILES string of the molecule is C=C1CCC(C)CC(N2CCC3(CC2)CNc2ccccc23)C1. The highest BCUT2D eigenvalue weighted by molar-refractivity contribution is 5.60. The Hall–Kier alpha value is -1.28. The average Bonchev–Trinajstić information content (AvgIpc) is 2.82. The summed E-state index contributed by atoms with van der Waals surface area (Å²) in [5.41, 5.74) is 4.81. The van der Waals surface area contributed by atoms with Crippen LogP contribution in [0.1, 0.15) is 51.0 Å². The predicted molar refractivity (Wildman–Crippen MR) is 98.0 cm³/mol. The topological polar surface area (TPSA) is 15.3 Å². The number of hydrogen-bond acceptors (Lipinski definition) is 2. The van der Waals surface area contributed by atoms with Crippen molar-refractivity contribution < 1.29 is 0 Å². The van der Waals surface area contributed by atoms with E-state index in [1.54, 1.807) is 5.56 Å². The number of benzene rings is 1. The van der Waals surface area contributed by atoms with Crippen LogP contribution in [0.5, 0.6) is 0 Å². The van der Waals surface area contributed by atoms with Crippen LogP contribution in [-0.4, -0.2) is 30.6 Å². The van der Waals surface area contributed by atoms with Gasteiger partial charge in [0.25, 0.3) is 0 Å². The summed E-state index contributed by atoms with van der Waals surface area (Å²) >= 11 is 0. The third-order valence-electron chi connectivity index (χ3n) is 6.58. The molecule has 2 atom stereocenters. The van der Waals surface area contributed by atoms with Gasteiger partial charge in [-0.3, -0.25) is 4.90 Å². The zero-order chi connectivity index (χ0) is 15.9. The first-order chi connectivity index (χ1) is 11.2. The van der Waals surface area contributed by atoms with Gasteiger partial charge in [0.05, 0.1) is 0 Å². The number of nitrogens with one attached hydrogen (secondary N) is 1. The van der Waals surface area contributed by atoms with Crippen LogP contribution < -0.4 is 5.32 Å². The van der Waals surface area contributed by atoms with Crippen LogP contribution in [0.15, 0.2) is 36.4 Å². The number of rotatable bonds is 1. The normalized spacial score (nSPS) is 30.7. The van der Waals surface area contributed by atoms with E-state index in [4.69, 9.17) is 0 Å².